The van der Waals surface area contributed by atoms with Crippen LogP contribution in [-0.2, 0) is 27.7 Å². The molecule has 0 aromatic heterocycles. The van der Waals surface area contributed by atoms with E-state index in [1.807, 2.05) is 13.8 Å². The first-order valence-electron chi connectivity index (χ1n) is 6.68. The van der Waals surface area contributed by atoms with Gasteiger partial charge in [-0.1, -0.05) is 26.7 Å². The first-order chi connectivity index (χ1) is 8.93. The third-order valence-electron chi connectivity index (χ3n) is 2.10. The number of hydrogen-bond donors (Lipinski definition) is 0. The molecule has 1 atom stereocenters. The molecule has 0 N–H and O–H groups in total. The quantitative estimate of drug-likeness (QED) is 0.251. The van der Waals surface area contributed by atoms with E-state index in [-0.39, 0.29) is 13.2 Å². The van der Waals surface area contributed by atoms with Crippen molar-refractivity contribution in [1.82, 2.24) is 0 Å². The molecule has 0 rings (SSSR count). The topological polar surface area (TPSA) is 71.1 Å². The van der Waals surface area contributed by atoms with Crippen LogP contribution in [0.1, 0.15) is 53.4 Å². The van der Waals surface area contributed by atoms with E-state index < -0.39 is 20.1 Å². The van der Waals surface area contributed by atoms with Crippen LogP contribution in [0.2, 0.25) is 0 Å². The van der Waals surface area contributed by atoms with Gasteiger partial charge in [0.2, 0.25) is 6.29 Å². The highest BCUT2D eigenvalue weighted by Gasteiger charge is 2.30. The van der Waals surface area contributed by atoms with Gasteiger partial charge in [-0.3, -0.25) is 13.8 Å². The highest BCUT2D eigenvalue weighted by Crippen LogP contribution is 2.50. The molecule has 0 aliphatic rings. The average molecular weight is 296 g/mol. The third kappa shape index (κ3) is 10.1. The molecule has 0 aromatic carbocycles. The molecular weight excluding hydrogens is 271 g/mol. The summed E-state index contributed by atoms with van der Waals surface area (Å²) in [5, 5.41) is 0. The Labute approximate surface area is 115 Å². The number of phosphoric ester groups is 1. The lowest BCUT2D eigenvalue weighted by molar-refractivity contribution is -0.160. The van der Waals surface area contributed by atoms with Gasteiger partial charge < -0.3 is 4.74 Å². The first kappa shape index (κ1) is 18.6. The van der Waals surface area contributed by atoms with Crippen molar-refractivity contribution in [3.8, 4) is 0 Å². The molecule has 7 heteroatoms. The van der Waals surface area contributed by atoms with Crippen molar-refractivity contribution in [3.63, 3.8) is 0 Å². The SMILES string of the molecule is CCCCOP(=O)(OCCCC)OC(C)OC(C)=O. The number of esters is 1. The molecule has 0 aliphatic heterocycles. The van der Waals surface area contributed by atoms with Crippen LogP contribution < -0.4 is 0 Å². The molecule has 0 bridgehead atoms. The summed E-state index contributed by atoms with van der Waals surface area (Å²) in [4.78, 5) is 10.8. The lowest BCUT2D eigenvalue weighted by Gasteiger charge is -2.21. The lowest BCUT2D eigenvalue weighted by Crippen LogP contribution is -2.16. The zero-order valence-corrected chi connectivity index (χ0v) is 13.1. The van der Waals surface area contributed by atoms with Crippen molar-refractivity contribution in [1.29, 1.82) is 0 Å². The smallest absolute Gasteiger partial charge is 0.436 e. The van der Waals surface area contributed by atoms with Crippen LogP contribution in [0.15, 0.2) is 0 Å². The van der Waals surface area contributed by atoms with Crippen molar-refractivity contribution >= 4 is 13.8 Å². The Hall–Kier alpha value is -0.420. The number of rotatable bonds is 11. The Morgan fingerprint density at radius 2 is 1.58 bits per heavy atom. The van der Waals surface area contributed by atoms with Crippen LogP contribution in [0.4, 0.5) is 0 Å². The van der Waals surface area contributed by atoms with Crippen molar-refractivity contribution < 1.29 is 27.7 Å². The van der Waals surface area contributed by atoms with Crippen LogP contribution in [0, 0.1) is 0 Å². The lowest BCUT2D eigenvalue weighted by atomic mass is 10.4. The molecule has 0 heterocycles. The second-order valence-electron chi connectivity index (χ2n) is 4.10. The van der Waals surface area contributed by atoms with Crippen molar-refractivity contribution in [2.24, 2.45) is 0 Å². The van der Waals surface area contributed by atoms with Crippen LogP contribution in [0.5, 0.6) is 0 Å². The molecule has 0 amide bonds. The zero-order chi connectivity index (χ0) is 14.7. The Morgan fingerprint density at radius 3 is 1.95 bits per heavy atom. The number of ether oxygens (including phenoxy) is 1. The number of carbonyl (C=O) groups is 1. The largest absolute Gasteiger partial charge is 0.477 e. The van der Waals surface area contributed by atoms with Crippen molar-refractivity contribution in [2.75, 3.05) is 13.2 Å². The van der Waals surface area contributed by atoms with Gasteiger partial charge in [0, 0.05) is 6.92 Å². The zero-order valence-electron chi connectivity index (χ0n) is 12.2. The normalized spacial score (nSPS) is 13.3. The molecule has 19 heavy (non-hydrogen) atoms. The van der Waals surface area contributed by atoms with Gasteiger partial charge in [0.1, 0.15) is 0 Å². The Bertz CT molecular complexity index is 280. The van der Waals surface area contributed by atoms with Gasteiger partial charge in [-0.25, -0.2) is 9.09 Å². The molecule has 1 unspecified atom stereocenters. The van der Waals surface area contributed by atoms with Gasteiger partial charge in [0.15, 0.2) is 0 Å². The highest BCUT2D eigenvalue weighted by molar-refractivity contribution is 7.48. The minimum absolute atomic E-state index is 0.284. The van der Waals surface area contributed by atoms with Crippen molar-refractivity contribution in [2.45, 2.75) is 59.7 Å². The molecule has 0 spiro atoms. The maximum absolute atomic E-state index is 12.3. The summed E-state index contributed by atoms with van der Waals surface area (Å²) in [7, 11) is -3.67. The predicted octanol–water partition coefficient (Wildman–Crippen LogP) is 3.65. The third-order valence-corrected chi connectivity index (χ3v) is 3.66. The summed E-state index contributed by atoms with van der Waals surface area (Å²) in [6.07, 6.45) is 2.37. The number of unbranched alkanes of at least 4 members (excludes halogenated alkanes) is 2. The van der Waals surface area contributed by atoms with Gasteiger partial charge in [-0.2, -0.15) is 0 Å². The van der Waals surface area contributed by atoms with E-state index >= 15 is 0 Å². The Kier molecular flexibility index (Phi) is 10.1. The van der Waals surface area contributed by atoms with Gasteiger partial charge in [-0.05, 0) is 19.8 Å². The first-order valence-corrected chi connectivity index (χ1v) is 8.14. The summed E-state index contributed by atoms with van der Waals surface area (Å²) < 4.78 is 32.5. The molecule has 6 nitrogen and oxygen atoms in total. The minimum Gasteiger partial charge on any atom is -0.436 e. The monoisotopic (exact) mass is 296 g/mol. The summed E-state index contributed by atoms with van der Waals surface area (Å²) in [5.41, 5.74) is 0. The fourth-order valence-corrected chi connectivity index (χ4v) is 2.48. The van der Waals surface area contributed by atoms with Crippen LogP contribution in [-0.4, -0.2) is 25.5 Å². The van der Waals surface area contributed by atoms with E-state index in [2.05, 4.69) is 0 Å². The standard InChI is InChI=1S/C12H25O6P/c1-5-7-9-15-19(14,16-10-8-6-2)18-12(4)17-11(3)13/h12H,5-10H2,1-4H3. The summed E-state index contributed by atoms with van der Waals surface area (Å²) in [6.45, 7) is 7.28. The van der Waals surface area contributed by atoms with E-state index in [0.717, 1.165) is 25.7 Å². The second-order valence-corrected chi connectivity index (χ2v) is 5.72. The molecule has 0 fully saturated rings. The van der Waals surface area contributed by atoms with E-state index in [0.29, 0.717) is 0 Å². The average Bonchev–Trinajstić information content (AvgIpc) is 2.28. The van der Waals surface area contributed by atoms with Gasteiger partial charge in [0.25, 0.3) is 0 Å². The van der Waals surface area contributed by atoms with E-state index in [1.54, 1.807) is 0 Å². The Morgan fingerprint density at radius 1 is 1.11 bits per heavy atom. The summed E-state index contributed by atoms with van der Waals surface area (Å²) >= 11 is 0. The molecule has 0 aliphatic carbocycles. The number of carbonyl (C=O) groups excluding carboxylic acids is 1. The molecule has 0 saturated heterocycles. The minimum atomic E-state index is -3.67. The van der Waals surface area contributed by atoms with Gasteiger partial charge >= 0.3 is 13.8 Å². The van der Waals surface area contributed by atoms with E-state index in [4.69, 9.17) is 18.3 Å². The summed E-state index contributed by atoms with van der Waals surface area (Å²) in [6, 6.07) is 0. The molecule has 114 valence electrons. The van der Waals surface area contributed by atoms with E-state index in [9.17, 15) is 9.36 Å². The molecule has 0 saturated carbocycles. The van der Waals surface area contributed by atoms with Crippen LogP contribution in [0.3, 0.4) is 0 Å². The van der Waals surface area contributed by atoms with Crippen LogP contribution >= 0.6 is 7.82 Å². The molecule has 0 radical (unpaired) electrons. The number of phosphoric acid groups is 1. The number of hydrogen-bond acceptors (Lipinski definition) is 6. The summed E-state index contributed by atoms with van der Waals surface area (Å²) in [5.74, 6) is -0.513. The fraction of sp³-hybridized carbons (Fsp3) is 0.917. The predicted molar refractivity (Wildman–Crippen MR) is 71.6 cm³/mol. The molecule has 0 aromatic rings. The second kappa shape index (κ2) is 10.4. The van der Waals surface area contributed by atoms with Gasteiger partial charge in [0.05, 0.1) is 13.2 Å². The van der Waals surface area contributed by atoms with Gasteiger partial charge in [-0.15, -0.1) is 0 Å². The highest BCUT2D eigenvalue weighted by atomic mass is 31.2. The fourth-order valence-electron chi connectivity index (χ4n) is 1.18. The Balaban J connectivity index is 4.37. The maximum atomic E-state index is 12.3. The van der Waals surface area contributed by atoms with Crippen molar-refractivity contribution in [3.05, 3.63) is 0 Å². The molecular formula is C12H25O6P. The van der Waals surface area contributed by atoms with E-state index in [1.165, 1.54) is 13.8 Å². The maximum Gasteiger partial charge on any atom is 0.477 e. The van der Waals surface area contributed by atoms with Crippen LogP contribution in [0.25, 0.3) is 0 Å².